The maximum atomic E-state index is 13.3. The number of amides is 2. The second-order valence-electron chi connectivity index (χ2n) is 9.08. The number of carbonyl (C=O) groups excluding carboxylic acids is 2. The minimum Gasteiger partial charge on any atom is -0.492 e. The van der Waals surface area contributed by atoms with Crippen LogP contribution in [-0.2, 0) is 10.2 Å². The molecule has 1 saturated heterocycles. The minimum atomic E-state index is -4.89. The lowest BCUT2D eigenvalue weighted by Gasteiger charge is -2.21. The lowest BCUT2D eigenvalue weighted by Crippen LogP contribution is -2.18. The molecule has 5 nitrogen and oxygen atoms in total. The maximum absolute atomic E-state index is 13.3. The van der Waals surface area contributed by atoms with Crippen LogP contribution in [0.2, 0.25) is 0 Å². The summed E-state index contributed by atoms with van der Waals surface area (Å²) < 4.78 is 50.1. The van der Waals surface area contributed by atoms with E-state index in [2.05, 4.69) is 30.0 Å². The summed E-state index contributed by atoms with van der Waals surface area (Å²) in [4.78, 5) is 23.6. The molecular weight excluding hydrogens is 467 g/mol. The summed E-state index contributed by atoms with van der Waals surface area (Å²) in [6, 6.07) is 8.08. The van der Waals surface area contributed by atoms with Gasteiger partial charge in [-0.1, -0.05) is 39.8 Å². The number of rotatable bonds is 5. The number of imide groups is 1. The summed E-state index contributed by atoms with van der Waals surface area (Å²) >= 11 is 0.739. The summed E-state index contributed by atoms with van der Waals surface area (Å²) in [6.07, 6.45) is -2.56. The van der Waals surface area contributed by atoms with Gasteiger partial charge in [0.2, 0.25) is 0 Å². The Hall–Kier alpha value is -2.94. The van der Waals surface area contributed by atoms with E-state index >= 15 is 0 Å². The molecule has 0 bridgehead atoms. The lowest BCUT2D eigenvalue weighted by molar-refractivity contribution is -0.274. The molecule has 2 aliphatic rings. The molecule has 0 spiro atoms. The number of hydrogen-bond donors (Lipinski definition) is 1. The van der Waals surface area contributed by atoms with Crippen molar-refractivity contribution >= 4 is 29.0 Å². The molecule has 180 valence electrons. The standard InChI is InChI=1S/C25H24F3NO4S/c1-5-13(2)15-10-17(21-18(11-15)24(3,4)12-32-21)16-8-14(6-7-19(16)33-25(26,27)28)9-20-22(30)29-23(31)34-20/h6-11,13H,5,12H2,1-4H3,(H,29,30,31)/b20-9+. The van der Waals surface area contributed by atoms with E-state index in [1.807, 2.05) is 19.9 Å². The predicted octanol–water partition coefficient (Wildman–Crippen LogP) is 6.76. The molecule has 2 aromatic rings. The predicted molar refractivity (Wildman–Crippen MR) is 125 cm³/mol. The Kier molecular flexibility index (Phi) is 6.18. The zero-order valence-corrected chi connectivity index (χ0v) is 19.9. The highest BCUT2D eigenvalue weighted by Crippen LogP contribution is 2.49. The number of fused-ring (bicyclic) bond motifs is 1. The Morgan fingerprint density at radius 1 is 1.21 bits per heavy atom. The topological polar surface area (TPSA) is 64.6 Å². The Labute approximate surface area is 199 Å². The molecule has 9 heteroatoms. The summed E-state index contributed by atoms with van der Waals surface area (Å²) in [5, 5.41) is 1.67. The largest absolute Gasteiger partial charge is 0.573 e. The highest BCUT2D eigenvalue weighted by Gasteiger charge is 2.37. The molecule has 1 fully saturated rings. The van der Waals surface area contributed by atoms with Crippen LogP contribution in [0.25, 0.3) is 17.2 Å². The lowest BCUT2D eigenvalue weighted by atomic mass is 9.82. The molecule has 4 rings (SSSR count). The Bertz CT molecular complexity index is 1200. The third-order valence-corrected chi connectivity index (χ3v) is 6.87. The van der Waals surface area contributed by atoms with Gasteiger partial charge in [0.1, 0.15) is 11.5 Å². The molecule has 1 unspecified atom stereocenters. The van der Waals surface area contributed by atoms with E-state index in [0.29, 0.717) is 23.5 Å². The third-order valence-electron chi connectivity index (χ3n) is 6.06. The number of carbonyl (C=O) groups is 2. The van der Waals surface area contributed by atoms with Crippen LogP contribution in [0.5, 0.6) is 11.5 Å². The molecule has 1 atom stereocenters. The van der Waals surface area contributed by atoms with Crippen LogP contribution in [-0.4, -0.2) is 24.1 Å². The molecule has 0 aliphatic carbocycles. The molecule has 0 saturated carbocycles. The first-order valence-corrected chi connectivity index (χ1v) is 11.7. The molecule has 2 aliphatic heterocycles. The average Bonchev–Trinajstić information content (AvgIpc) is 3.24. The fraction of sp³-hybridized carbons (Fsp3) is 0.360. The van der Waals surface area contributed by atoms with Gasteiger partial charge in [-0.05, 0) is 59.5 Å². The Morgan fingerprint density at radius 2 is 1.94 bits per heavy atom. The fourth-order valence-electron chi connectivity index (χ4n) is 3.99. The number of halogens is 3. The number of alkyl halides is 3. The summed E-state index contributed by atoms with van der Waals surface area (Å²) in [7, 11) is 0. The van der Waals surface area contributed by atoms with Gasteiger partial charge in [-0.2, -0.15) is 0 Å². The third kappa shape index (κ3) is 4.80. The van der Waals surface area contributed by atoms with Gasteiger partial charge in [-0.25, -0.2) is 0 Å². The van der Waals surface area contributed by atoms with Crippen molar-refractivity contribution in [3.05, 3.63) is 51.9 Å². The van der Waals surface area contributed by atoms with Gasteiger partial charge in [0.15, 0.2) is 0 Å². The van der Waals surface area contributed by atoms with Gasteiger partial charge in [0.25, 0.3) is 11.1 Å². The van der Waals surface area contributed by atoms with Crippen LogP contribution in [0.3, 0.4) is 0 Å². The van der Waals surface area contributed by atoms with Crippen molar-refractivity contribution in [1.29, 1.82) is 0 Å². The Morgan fingerprint density at radius 3 is 2.56 bits per heavy atom. The molecule has 2 aromatic carbocycles. The van der Waals surface area contributed by atoms with Gasteiger partial charge in [0.05, 0.1) is 11.5 Å². The number of thioether (sulfide) groups is 1. The number of ether oxygens (including phenoxy) is 2. The minimum absolute atomic E-state index is 0.163. The number of nitrogens with one attached hydrogen (secondary N) is 1. The second kappa shape index (κ2) is 8.69. The van der Waals surface area contributed by atoms with E-state index < -0.39 is 17.5 Å². The van der Waals surface area contributed by atoms with Gasteiger partial charge in [0, 0.05) is 22.1 Å². The Balaban J connectivity index is 1.93. The van der Waals surface area contributed by atoms with Gasteiger partial charge < -0.3 is 9.47 Å². The zero-order valence-electron chi connectivity index (χ0n) is 19.1. The van der Waals surface area contributed by atoms with Crippen LogP contribution in [0.1, 0.15) is 56.7 Å². The van der Waals surface area contributed by atoms with Crippen molar-refractivity contribution in [2.24, 2.45) is 0 Å². The summed E-state index contributed by atoms with van der Waals surface area (Å²) in [5.41, 5.74) is 2.76. The van der Waals surface area contributed by atoms with Crippen LogP contribution in [0, 0.1) is 0 Å². The fourth-order valence-corrected chi connectivity index (χ4v) is 4.68. The second-order valence-corrected chi connectivity index (χ2v) is 10.1. The van der Waals surface area contributed by atoms with Crippen LogP contribution in [0.4, 0.5) is 18.0 Å². The van der Waals surface area contributed by atoms with E-state index in [-0.39, 0.29) is 27.6 Å². The van der Waals surface area contributed by atoms with Crippen LogP contribution < -0.4 is 14.8 Å². The van der Waals surface area contributed by atoms with Gasteiger partial charge in [-0.15, -0.1) is 13.2 Å². The molecule has 1 N–H and O–H groups in total. The quantitative estimate of drug-likeness (QED) is 0.468. The molecule has 2 heterocycles. The first kappa shape index (κ1) is 24.2. The van der Waals surface area contributed by atoms with Crippen molar-refractivity contribution in [2.75, 3.05) is 6.61 Å². The normalized spacial score (nSPS) is 19.1. The van der Waals surface area contributed by atoms with Crippen molar-refractivity contribution in [2.45, 2.75) is 51.8 Å². The zero-order chi connectivity index (χ0) is 24.8. The van der Waals surface area contributed by atoms with Crippen LogP contribution >= 0.6 is 11.8 Å². The summed E-state index contributed by atoms with van der Waals surface area (Å²) in [6.45, 7) is 8.58. The number of hydrogen-bond acceptors (Lipinski definition) is 5. The smallest absolute Gasteiger partial charge is 0.492 e. The van der Waals surface area contributed by atoms with Crippen molar-refractivity contribution in [1.82, 2.24) is 5.32 Å². The number of benzene rings is 2. The van der Waals surface area contributed by atoms with Gasteiger partial charge in [-0.3, -0.25) is 14.9 Å². The first-order valence-electron chi connectivity index (χ1n) is 10.8. The average molecular weight is 492 g/mol. The SMILES string of the molecule is CCC(C)c1cc(-c2cc(/C=C3/SC(=O)NC3=O)ccc2OC(F)(F)F)c2c(c1)C(C)(C)CO2. The van der Waals surface area contributed by atoms with Crippen LogP contribution in [0.15, 0.2) is 35.2 Å². The van der Waals surface area contributed by atoms with E-state index in [0.717, 1.165) is 29.3 Å². The monoisotopic (exact) mass is 491 g/mol. The van der Waals surface area contributed by atoms with Crippen molar-refractivity contribution < 1.29 is 32.2 Å². The highest BCUT2D eigenvalue weighted by molar-refractivity contribution is 8.18. The van der Waals surface area contributed by atoms with Crippen molar-refractivity contribution in [3.63, 3.8) is 0 Å². The molecule has 34 heavy (non-hydrogen) atoms. The maximum Gasteiger partial charge on any atom is 0.573 e. The van der Waals surface area contributed by atoms with E-state index in [4.69, 9.17) is 4.74 Å². The first-order chi connectivity index (χ1) is 15.9. The van der Waals surface area contributed by atoms with Crippen molar-refractivity contribution in [3.8, 4) is 22.6 Å². The van der Waals surface area contributed by atoms with Gasteiger partial charge >= 0.3 is 6.36 Å². The van der Waals surface area contributed by atoms with E-state index in [1.54, 1.807) is 0 Å². The molecule has 2 amide bonds. The molecule has 0 radical (unpaired) electrons. The highest BCUT2D eigenvalue weighted by atomic mass is 32.2. The molecule has 0 aromatic heterocycles. The van der Waals surface area contributed by atoms with E-state index in [1.165, 1.54) is 24.3 Å². The molecular formula is C25H24F3NO4S. The van der Waals surface area contributed by atoms with E-state index in [9.17, 15) is 22.8 Å². The summed E-state index contributed by atoms with van der Waals surface area (Å²) in [5.74, 6) is -0.206.